The smallest absolute Gasteiger partial charge is 0.387 e. The van der Waals surface area contributed by atoms with Crippen molar-refractivity contribution in [3.8, 4) is 11.5 Å². The minimum atomic E-state index is -2.97. The van der Waals surface area contributed by atoms with E-state index in [2.05, 4.69) is 9.72 Å². The lowest BCUT2D eigenvalue weighted by Gasteiger charge is -2.41. The number of amides is 2. The molecule has 0 spiro atoms. The predicted octanol–water partition coefficient (Wildman–Crippen LogP) is 4.87. The zero-order valence-electron chi connectivity index (χ0n) is 20.8. The Morgan fingerprint density at radius 1 is 1.05 bits per heavy atom. The second kappa shape index (κ2) is 10.9. The number of methoxy groups -OCH3 is 1. The zero-order valence-corrected chi connectivity index (χ0v) is 20.8. The van der Waals surface area contributed by atoms with E-state index in [4.69, 9.17) is 4.74 Å². The molecule has 1 aliphatic rings. The Morgan fingerprint density at radius 3 is 2.58 bits per heavy atom. The number of halogens is 2. The normalized spacial score (nSPS) is 15.8. The van der Waals surface area contributed by atoms with Crippen molar-refractivity contribution < 1.29 is 27.8 Å². The van der Waals surface area contributed by atoms with Gasteiger partial charge in [-0.05, 0) is 42.3 Å². The van der Waals surface area contributed by atoms with Gasteiger partial charge in [0.25, 0.3) is 5.91 Å². The Labute approximate surface area is 218 Å². The topological polar surface area (TPSA) is 74.9 Å². The summed E-state index contributed by atoms with van der Waals surface area (Å²) >= 11 is 0. The van der Waals surface area contributed by atoms with E-state index in [0.717, 1.165) is 16.5 Å². The molecular formula is C29H27F2N3O4. The Morgan fingerprint density at radius 2 is 1.82 bits per heavy atom. The third kappa shape index (κ3) is 5.46. The number of aromatic nitrogens is 1. The second-order valence-electron chi connectivity index (χ2n) is 9.17. The van der Waals surface area contributed by atoms with Crippen molar-refractivity contribution in [2.75, 3.05) is 20.2 Å². The Balaban J connectivity index is 1.42. The number of nitrogens with zero attached hydrogens (tertiary/aromatic N) is 2. The van der Waals surface area contributed by atoms with Crippen molar-refractivity contribution in [3.05, 3.63) is 95.7 Å². The fraction of sp³-hybridized carbons (Fsp3) is 0.241. The highest BCUT2D eigenvalue weighted by molar-refractivity contribution is 6.00. The minimum absolute atomic E-state index is 0.0285. The molecule has 38 heavy (non-hydrogen) atoms. The van der Waals surface area contributed by atoms with Crippen molar-refractivity contribution in [1.82, 2.24) is 14.8 Å². The van der Waals surface area contributed by atoms with Crippen molar-refractivity contribution in [2.45, 2.75) is 25.6 Å². The van der Waals surface area contributed by atoms with Gasteiger partial charge in [0.15, 0.2) is 0 Å². The maximum atomic E-state index is 13.5. The van der Waals surface area contributed by atoms with Gasteiger partial charge in [-0.2, -0.15) is 8.78 Å². The molecule has 1 aliphatic heterocycles. The Hall–Kier alpha value is -4.40. The number of fused-ring (bicyclic) bond motifs is 1. The van der Waals surface area contributed by atoms with Crippen LogP contribution in [0.3, 0.4) is 0 Å². The van der Waals surface area contributed by atoms with Crippen LogP contribution in [-0.2, 0) is 17.8 Å². The summed E-state index contributed by atoms with van der Waals surface area (Å²) in [5, 5.41) is 0.828. The number of aromatic amines is 1. The summed E-state index contributed by atoms with van der Waals surface area (Å²) in [4.78, 5) is 33.3. The lowest BCUT2D eigenvalue weighted by atomic mass is 10.0. The molecule has 0 saturated carbocycles. The average Bonchev–Trinajstić information content (AvgIpc) is 3.34. The maximum Gasteiger partial charge on any atom is 0.387 e. The first-order chi connectivity index (χ1) is 18.4. The number of carbonyl (C=O) groups is 2. The highest BCUT2D eigenvalue weighted by Crippen LogP contribution is 2.27. The molecule has 196 valence electrons. The second-order valence-corrected chi connectivity index (χ2v) is 9.17. The molecule has 0 unspecified atom stereocenters. The highest BCUT2D eigenvalue weighted by Gasteiger charge is 2.36. The van der Waals surface area contributed by atoms with Gasteiger partial charge in [0, 0.05) is 29.6 Å². The molecule has 0 bridgehead atoms. The molecule has 1 aromatic heterocycles. The number of H-pyrrole nitrogens is 1. The van der Waals surface area contributed by atoms with E-state index in [1.807, 2.05) is 42.5 Å². The van der Waals surface area contributed by atoms with Gasteiger partial charge in [-0.15, -0.1) is 0 Å². The molecule has 3 aromatic carbocycles. The summed E-state index contributed by atoms with van der Waals surface area (Å²) in [6, 6.07) is 23.0. The molecule has 0 aliphatic carbocycles. The Bertz CT molecular complexity index is 1440. The van der Waals surface area contributed by atoms with E-state index in [0.29, 0.717) is 23.4 Å². The number of hydrogen-bond donors (Lipinski definition) is 1. The fourth-order valence-electron chi connectivity index (χ4n) is 4.86. The molecule has 7 nitrogen and oxygen atoms in total. The molecule has 0 radical (unpaired) electrons. The molecular weight excluding hydrogens is 492 g/mol. The van der Waals surface area contributed by atoms with Gasteiger partial charge in [-0.1, -0.05) is 48.5 Å². The predicted molar refractivity (Wildman–Crippen MR) is 138 cm³/mol. The van der Waals surface area contributed by atoms with Crippen molar-refractivity contribution in [3.63, 3.8) is 0 Å². The maximum absolute atomic E-state index is 13.5. The number of para-hydroxylation sites is 1. The van der Waals surface area contributed by atoms with Gasteiger partial charge in [-0.25, -0.2) is 0 Å². The summed E-state index contributed by atoms with van der Waals surface area (Å²) in [7, 11) is 1.58. The summed E-state index contributed by atoms with van der Waals surface area (Å²) in [5.74, 6) is 0.155. The summed E-state index contributed by atoms with van der Waals surface area (Å²) in [6.45, 7) is -2.72. The molecule has 2 amide bonds. The monoisotopic (exact) mass is 519 g/mol. The third-order valence-corrected chi connectivity index (χ3v) is 6.71. The van der Waals surface area contributed by atoms with E-state index in [9.17, 15) is 18.4 Å². The number of carbonyl (C=O) groups excluding carboxylic acids is 2. The molecule has 5 rings (SSSR count). The first kappa shape index (κ1) is 25.3. The number of benzene rings is 3. The largest absolute Gasteiger partial charge is 0.497 e. The number of piperazine rings is 1. The summed E-state index contributed by atoms with van der Waals surface area (Å²) in [6.07, 6.45) is 0.498. The summed E-state index contributed by atoms with van der Waals surface area (Å²) in [5.41, 5.74) is 2.64. The van der Waals surface area contributed by atoms with E-state index < -0.39 is 6.61 Å². The van der Waals surface area contributed by atoms with Crippen LogP contribution < -0.4 is 9.47 Å². The number of rotatable bonds is 8. The highest BCUT2D eigenvalue weighted by atomic mass is 19.3. The molecule has 1 fully saturated rings. The fourth-order valence-corrected chi connectivity index (χ4v) is 4.86. The van der Waals surface area contributed by atoms with Crippen LogP contribution in [0.1, 0.15) is 21.6 Å². The minimum Gasteiger partial charge on any atom is -0.497 e. The number of alkyl halides is 2. The van der Waals surface area contributed by atoms with Crippen LogP contribution in [0, 0.1) is 0 Å². The molecule has 1 atom stereocenters. The van der Waals surface area contributed by atoms with Gasteiger partial charge in [0.1, 0.15) is 23.7 Å². The van der Waals surface area contributed by atoms with Gasteiger partial charge in [0.2, 0.25) is 5.91 Å². The standard InChI is InChI=1S/C29H27F2N3O4/c1-37-23-11-12-24-21(14-23)15-25(32-24)28(36)33-17-22(13-19-7-3-2-4-8-19)34(27(35)18-33)16-20-9-5-6-10-26(20)38-29(30)31/h2-12,14-15,22,29,32H,13,16-18H2,1H3/t22-/m0/s1. The molecule has 1 N–H and O–H groups in total. The average molecular weight is 520 g/mol. The SMILES string of the molecule is COc1ccc2[nH]c(C(=O)N3CC(=O)N(Cc4ccccc4OC(F)F)[C@@H](Cc4ccccc4)C3)cc2c1. The van der Waals surface area contributed by atoms with Gasteiger partial charge >= 0.3 is 6.61 Å². The third-order valence-electron chi connectivity index (χ3n) is 6.71. The molecule has 4 aromatic rings. The Kier molecular flexibility index (Phi) is 7.26. The zero-order chi connectivity index (χ0) is 26.6. The van der Waals surface area contributed by atoms with Gasteiger partial charge < -0.3 is 24.3 Å². The van der Waals surface area contributed by atoms with Crippen molar-refractivity contribution >= 4 is 22.7 Å². The number of nitrogens with one attached hydrogen (secondary N) is 1. The van der Waals surface area contributed by atoms with Crippen LogP contribution in [0.4, 0.5) is 8.78 Å². The number of hydrogen-bond acceptors (Lipinski definition) is 4. The van der Waals surface area contributed by atoms with Crippen LogP contribution in [0.15, 0.2) is 78.9 Å². The van der Waals surface area contributed by atoms with Gasteiger partial charge in [0.05, 0.1) is 13.2 Å². The van der Waals surface area contributed by atoms with E-state index in [-0.39, 0.29) is 43.2 Å². The van der Waals surface area contributed by atoms with Crippen LogP contribution in [0.25, 0.3) is 10.9 Å². The van der Waals surface area contributed by atoms with Gasteiger partial charge in [-0.3, -0.25) is 9.59 Å². The van der Waals surface area contributed by atoms with Crippen molar-refractivity contribution in [1.29, 1.82) is 0 Å². The van der Waals surface area contributed by atoms with Crippen molar-refractivity contribution in [2.24, 2.45) is 0 Å². The summed E-state index contributed by atoms with van der Waals surface area (Å²) < 4.78 is 35.9. The lowest BCUT2D eigenvalue weighted by Crippen LogP contribution is -2.58. The van der Waals surface area contributed by atoms with E-state index in [1.165, 1.54) is 11.0 Å². The molecule has 9 heteroatoms. The van der Waals surface area contributed by atoms with Crippen LogP contribution in [0.5, 0.6) is 11.5 Å². The first-order valence-corrected chi connectivity index (χ1v) is 12.2. The quantitative estimate of drug-likeness (QED) is 0.360. The van der Waals surface area contributed by atoms with E-state index in [1.54, 1.807) is 42.3 Å². The van der Waals surface area contributed by atoms with Crippen LogP contribution in [0.2, 0.25) is 0 Å². The number of ether oxygens (including phenoxy) is 2. The van der Waals surface area contributed by atoms with Crippen LogP contribution >= 0.6 is 0 Å². The molecule has 1 saturated heterocycles. The molecule has 2 heterocycles. The lowest BCUT2D eigenvalue weighted by molar-refractivity contribution is -0.139. The van der Waals surface area contributed by atoms with Crippen LogP contribution in [-0.4, -0.2) is 59.5 Å². The first-order valence-electron chi connectivity index (χ1n) is 12.2. The van der Waals surface area contributed by atoms with E-state index >= 15 is 0 Å².